The third-order valence-electron chi connectivity index (χ3n) is 2.66. The van der Waals surface area contributed by atoms with E-state index in [2.05, 4.69) is 10.5 Å². The van der Waals surface area contributed by atoms with E-state index in [-0.39, 0.29) is 11.3 Å². The molecule has 2 rings (SSSR count). The van der Waals surface area contributed by atoms with Crippen LogP contribution >= 0.6 is 0 Å². The molecule has 0 radical (unpaired) electrons. The van der Waals surface area contributed by atoms with Crippen molar-refractivity contribution in [1.82, 2.24) is 0 Å². The number of nitro benzene ring substituents is 1. The van der Waals surface area contributed by atoms with Gasteiger partial charge in [0.25, 0.3) is 5.69 Å². The Morgan fingerprint density at radius 1 is 1.19 bits per heavy atom. The van der Waals surface area contributed by atoms with E-state index in [1.807, 2.05) is 0 Å². The summed E-state index contributed by atoms with van der Waals surface area (Å²) in [6.45, 7) is 0. The highest BCUT2D eigenvalue weighted by Crippen LogP contribution is 2.15. The smallest absolute Gasteiger partial charge is 0.335 e. The number of carboxylic acid groups (broad SMARTS) is 1. The number of aromatic carboxylic acids is 1. The maximum absolute atomic E-state index is 10.8. The number of carbonyl (C=O) groups is 1. The lowest BCUT2D eigenvalue weighted by atomic mass is 10.2. The van der Waals surface area contributed by atoms with Crippen LogP contribution in [0.15, 0.2) is 53.6 Å². The number of hydrogen-bond donors (Lipinski definition) is 2. The van der Waals surface area contributed by atoms with Crippen LogP contribution in [0.2, 0.25) is 0 Å². The highest BCUT2D eigenvalue weighted by atomic mass is 16.6. The summed E-state index contributed by atoms with van der Waals surface area (Å²) in [7, 11) is 0. The van der Waals surface area contributed by atoms with E-state index in [4.69, 9.17) is 5.11 Å². The molecule has 0 bridgehead atoms. The van der Waals surface area contributed by atoms with Gasteiger partial charge in [0.1, 0.15) is 0 Å². The number of anilines is 1. The summed E-state index contributed by atoms with van der Waals surface area (Å²) in [5, 5.41) is 23.5. The van der Waals surface area contributed by atoms with Gasteiger partial charge in [0.15, 0.2) is 0 Å². The highest BCUT2D eigenvalue weighted by molar-refractivity contribution is 5.88. The van der Waals surface area contributed by atoms with Crippen LogP contribution in [0.4, 0.5) is 11.4 Å². The Hall–Kier alpha value is -3.22. The Morgan fingerprint density at radius 3 is 2.48 bits per heavy atom. The minimum atomic E-state index is -1.01. The molecule has 0 heterocycles. The first-order valence-electron chi connectivity index (χ1n) is 5.94. The third kappa shape index (κ3) is 3.63. The fourth-order valence-electron chi connectivity index (χ4n) is 1.63. The second kappa shape index (κ2) is 6.29. The van der Waals surface area contributed by atoms with Crippen LogP contribution in [0.5, 0.6) is 0 Å². The van der Waals surface area contributed by atoms with E-state index in [0.717, 1.165) is 0 Å². The van der Waals surface area contributed by atoms with Gasteiger partial charge < -0.3 is 5.11 Å². The van der Waals surface area contributed by atoms with E-state index in [1.54, 1.807) is 30.3 Å². The van der Waals surface area contributed by atoms with Gasteiger partial charge in [0.2, 0.25) is 0 Å². The SMILES string of the molecule is O=C(O)c1ccc(NN=Cc2ccccc2[N+](=O)[O-])cc1. The fraction of sp³-hybridized carbons (Fsp3) is 0. The van der Waals surface area contributed by atoms with Gasteiger partial charge in [0, 0.05) is 6.07 Å². The van der Waals surface area contributed by atoms with Crippen LogP contribution in [-0.2, 0) is 0 Å². The molecule has 2 N–H and O–H groups in total. The van der Waals surface area contributed by atoms with E-state index in [1.165, 1.54) is 24.4 Å². The van der Waals surface area contributed by atoms with Gasteiger partial charge in [-0.15, -0.1) is 0 Å². The number of hydrazone groups is 1. The van der Waals surface area contributed by atoms with Crippen molar-refractivity contribution < 1.29 is 14.8 Å². The van der Waals surface area contributed by atoms with E-state index in [9.17, 15) is 14.9 Å². The number of nitrogens with one attached hydrogen (secondary N) is 1. The molecule has 0 aromatic heterocycles. The summed E-state index contributed by atoms with van der Waals surface area (Å²) < 4.78 is 0. The molecule has 2 aromatic carbocycles. The molecular formula is C14H11N3O4. The number of benzene rings is 2. The lowest BCUT2D eigenvalue weighted by Gasteiger charge is -2.01. The number of carboxylic acids is 1. The standard InChI is InChI=1S/C14H11N3O4/c18-14(19)10-5-7-12(8-6-10)16-15-9-11-3-1-2-4-13(11)17(20)21/h1-9,16H,(H,18,19). The van der Waals surface area contributed by atoms with Crippen molar-refractivity contribution in [3.63, 3.8) is 0 Å². The monoisotopic (exact) mass is 285 g/mol. The molecular weight excluding hydrogens is 274 g/mol. The summed E-state index contributed by atoms with van der Waals surface area (Å²) in [4.78, 5) is 21.0. The molecule has 21 heavy (non-hydrogen) atoms. The predicted molar refractivity (Wildman–Crippen MR) is 77.7 cm³/mol. The van der Waals surface area contributed by atoms with Gasteiger partial charge in [-0.3, -0.25) is 15.5 Å². The molecule has 106 valence electrons. The molecule has 0 fully saturated rings. The normalized spacial score (nSPS) is 10.5. The Balaban J connectivity index is 2.09. The zero-order valence-corrected chi connectivity index (χ0v) is 10.8. The number of hydrogen-bond acceptors (Lipinski definition) is 5. The summed E-state index contributed by atoms with van der Waals surface area (Å²) in [6.07, 6.45) is 1.34. The largest absolute Gasteiger partial charge is 0.478 e. The van der Waals surface area contributed by atoms with Gasteiger partial charge in [-0.25, -0.2) is 4.79 Å². The zero-order chi connectivity index (χ0) is 15.2. The average Bonchev–Trinajstić information content (AvgIpc) is 2.48. The molecule has 0 amide bonds. The van der Waals surface area contributed by atoms with Crippen LogP contribution in [-0.4, -0.2) is 22.2 Å². The number of para-hydroxylation sites is 1. The van der Waals surface area contributed by atoms with Crippen molar-refractivity contribution in [2.45, 2.75) is 0 Å². The van der Waals surface area contributed by atoms with Crippen LogP contribution in [0.1, 0.15) is 15.9 Å². The summed E-state index contributed by atoms with van der Waals surface area (Å²) in [5.74, 6) is -1.01. The van der Waals surface area contributed by atoms with Gasteiger partial charge in [-0.1, -0.05) is 12.1 Å². The molecule has 0 saturated carbocycles. The van der Waals surface area contributed by atoms with Gasteiger partial charge >= 0.3 is 5.97 Å². The number of nitrogens with zero attached hydrogens (tertiary/aromatic N) is 2. The molecule has 2 aromatic rings. The summed E-state index contributed by atoms with van der Waals surface area (Å²) in [6, 6.07) is 12.2. The first-order chi connectivity index (χ1) is 10.1. The van der Waals surface area contributed by atoms with Crippen molar-refractivity contribution in [2.24, 2.45) is 5.10 Å². The Bertz CT molecular complexity index is 696. The van der Waals surface area contributed by atoms with Crippen molar-refractivity contribution in [1.29, 1.82) is 0 Å². The fourth-order valence-corrected chi connectivity index (χ4v) is 1.63. The van der Waals surface area contributed by atoms with E-state index in [0.29, 0.717) is 11.3 Å². The Kier molecular flexibility index (Phi) is 4.25. The van der Waals surface area contributed by atoms with Gasteiger partial charge in [-0.2, -0.15) is 5.10 Å². The van der Waals surface area contributed by atoms with E-state index < -0.39 is 10.9 Å². The second-order valence-electron chi connectivity index (χ2n) is 4.07. The van der Waals surface area contributed by atoms with E-state index >= 15 is 0 Å². The van der Waals surface area contributed by atoms with Crippen molar-refractivity contribution in [3.05, 3.63) is 69.8 Å². The topological polar surface area (TPSA) is 105 Å². The molecule has 7 nitrogen and oxygen atoms in total. The predicted octanol–water partition coefficient (Wildman–Crippen LogP) is 2.74. The molecule has 7 heteroatoms. The maximum atomic E-state index is 10.8. The molecule has 0 unspecified atom stereocenters. The molecule has 0 spiro atoms. The average molecular weight is 285 g/mol. The molecule has 0 aliphatic rings. The number of rotatable bonds is 5. The van der Waals surface area contributed by atoms with Crippen LogP contribution in [0, 0.1) is 10.1 Å². The maximum Gasteiger partial charge on any atom is 0.335 e. The van der Waals surface area contributed by atoms with Crippen molar-refractivity contribution in [3.8, 4) is 0 Å². The second-order valence-corrected chi connectivity index (χ2v) is 4.07. The van der Waals surface area contributed by atoms with Gasteiger partial charge in [0.05, 0.1) is 28.0 Å². The Labute approximate surface area is 119 Å². The summed E-state index contributed by atoms with van der Waals surface area (Å²) >= 11 is 0. The Morgan fingerprint density at radius 2 is 1.86 bits per heavy atom. The van der Waals surface area contributed by atoms with Gasteiger partial charge in [-0.05, 0) is 30.3 Å². The van der Waals surface area contributed by atoms with Crippen molar-refractivity contribution >= 4 is 23.6 Å². The molecule has 0 saturated heterocycles. The minimum absolute atomic E-state index is 0.0377. The summed E-state index contributed by atoms with van der Waals surface area (Å²) in [5.41, 5.74) is 3.76. The first kappa shape index (κ1) is 14.2. The quantitative estimate of drug-likeness (QED) is 0.499. The third-order valence-corrected chi connectivity index (χ3v) is 2.66. The minimum Gasteiger partial charge on any atom is -0.478 e. The highest BCUT2D eigenvalue weighted by Gasteiger charge is 2.09. The lowest BCUT2D eigenvalue weighted by molar-refractivity contribution is -0.385. The molecule has 0 aliphatic carbocycles. The van der Waals surface area contributed by atoms with Crippen LogP contribution in [0.25, 0.3) is 0 Å². The number of nitro groups is 1. The first-order valence-corrected chi connectivity index (χ1v) is 5.94. The van der Waals surface area contributed by atoms with Crippen LogP contribution < -0.4 is 5.43 Å². The van der Waals surface area contributed by atoms with Crippen LogP contribution in [0.3, 0.4) is 0 Å². The lowest BCUT2D eigenvalue weighted by Crippen LogP contribution is -1.97. The zero-order valence-electron chi connectivity index (χ0n) is 10.8. The molecule has 0 atom stereocenters. The van der Waals surface area contributed by atoms with Crippen molar-refractivity contribution in [2.75, 3.05) is 5.43 Å². The molecule has 0 aliphatic heterocycles.